The Labute approximate surface area is 183 Å². The zero-order valence-electron chi connectivity index (χ0n) is 18.0. The molecule has 2 aromatic rings. The SMILES string of the molecule is CNc1cccc(C(C)(F)F)c1.CO/C(Nc1ccc(OC(F)F)cc1)=C(\C=O)C(C)=N. The van der Waals surface area contributed by atoms with Crippen LogP contribution in [0.1, 0.15) is 19.4 Å². The molecule has 0 aliphatic heterocycles. The highest BCUT2D eigenvalue weighted by Crippen LogP contribution is 2.28. The van der Waals surface area contributed by atoms with Crippen LogP contribution in [-0.4, -0.2) is 32.8 Å². The van der Waals surface area contributed by atoms with Crippen LogP contribution in [0.5, 0.6) is 5.75 Å². The molecular formula is C22H25F4N3O3. The number of anilines is 2. The van der Waals surface area contributed by atoms with Crippen molar-refractivity contribution in [3.8, 4) is 5.75 Å². The largest absolute Gasteiger partial charge is 0.482 e. The molecule has 2 rings (SSSR count). The van der Waals surface area contributed by atoms with Gasteiger partial charge in [-0.25, -0.2) is 8.78 Å². The molecule has 3 N–H and O–H groups in total. The highest BCUT2D eigenvalue weighted by molar-refractivity contribution is 6.12. The van der Waals surface area contributed by atoms with E-state index in [4.69, 9.17) is 10.1 Å². The molecule has 0 atom stereocenters. The highest BCUT2D eigenvalue weighted by atomic mass is 19.3. The van der Waals surface area contributed by atoms with Crippen molar-refractivity contribution in [3.05, 3.63) is 65.6 Å². The maximum atomic E-state index is 12.7. The molecule has 0 fully saturated rings. The minimum Gasteiger partial charge on any atom is -0.482 e. The smallest absolute Gasteiger partial charge is 0.387 e. The summed E-state index contributed by atoms with van der Waals surface area (Å²) >= 11 is 0. The Balaban J connectivity index is 0.000000363. The van der Waals surface area contributed by atoms with Crippen LogP contribution in [0.2, 0.25) is 0 Å². The van der Waals surface area contributed by atoms with Gasteiger partial charge in [0.15, 0.2) is 6.29 Å². The molecule has 0 aromatic heterocycles. The van der Waals surface area contributed by atoms with E-state index in [1.54, 1.807) is 19.2 Å². The molecule has 0 unspecified atom stereocenters. The molecule has 0 amide bonds. The molecule has 0 saturated heterocycles. The van der Waals surface area contributed by atoms with E-state index in [-0.39, 0.29) is 28.5 Å². The minimum absolute atomic E-state index is 0.0207. The number of ether oxygens (including phenoxy) is 2. The number of carbonyl (C=O) groups is 1. The van der Waals surface area contributed by atoms with Crippen molar-refractivity contribution >= 4 is 23.4 Å². The number of hydrogen-bond donors (Lipinski definition) is 3. The van der Waals surface area contributed by atoms with Crippen LogP contribution in [-0.2, 0) is 15.5 Å². The highest BCUT2D eigenvalue weighted by Gasteiger charge is 2.23. The Morgan fingerprint density at radius 3 is 2.19 bits per heavy atom. The van der Waals surface area contributed by atoms with Crippen molar-refractivity contribution in [1.29, 1.82) is 5.41 Å². The van der Waals surface area contributed by atoms with E-state index in [9.17, 15) is 22.4 Å². The Hall–Kier alpha value is -3.56. The van der Waals surface area contributed by atoms with Gasteiger partial charge in [-0.2, -0.15) is 8.78 Å². The molecular weight excluding hydrogens is 430 g/mol. The predicted octanol–water partition coefficient (Wildman–Crippen LogP) is 5.64. The zero-order chi connectivity index (χ0) is 24.3. The van der Waals surface area contributed by atoms with E-state index in [2.05, 4.69) is 15.4 Å². The number of allylic oxidation sites excluding steroid dienone is 1. The maximum Gasteiger partial charge on any atom is 0.387 e. The van der Waals surface area contributed by atoms with Gasteiger partial charge in [-0.15, -0.1) is 0 Å². The van der Waals surface area contributed by atoms with E-state index in [1.807, 2.05) is 0 Å². The molecule has 0 saturated carbocycles. The fourth-order valence-electron chi connectivity index (χ4n) is 2.34. The van der Waals surface area contributed by atoms with Gasteiger partial charge in [0.25, 0.3) is 5.92 Å². The Morgan fingerprint density at radius 1 is 1.12 bits per heavy atom. The van der Waals surface area contributed by atoms with E-state index in [0.29, 0.717) is 17.7 Å². The van der Waals surface area contributed by atoms with Crippen molar-refractivity contribution in [3.63, 3.8) is 0 Å². The number of hydrogen-bond acceptors (Lipinski definition) is 6. The molecule has 10 heteroatoms. The van der Waals surface area contributed by atoms with E-state index >= 15 is 0 Å². The Morgan fingerprint density at radius 2 is 1.75 bits per heavy atom. The summed E-state index contributed by atoms with van der Waals surface area (Å²) in [6, 6.07) is 11.9. The second-order valence-corrected chi connectivity index (χ2v) is 6.44. The van der Waals surface area contributed by atoms with Crippen LogP contribution in [0, 0.1) is 5.41 Å². The molecule has 0 aliphatic rings. The van der Waals surface area contributed by atoms with E-state index in [0.717, 1.165) is 6.92 Å². The fraction of sp³-hybridized carbons (Fsp3) is 0.273. The van der Waals surface area contributed by atoms with Crippen molar-refractivity contribution in [2.24, 2.45) is 0 Å². The lowest BCUT2D eigenvalue weighted by molar-refractivity contribution is -0.104. The lowest BCUT2D eigenvalue weighted by Gasteiger charge is -2.12. The first-order chi connectivity index (χ1) is 15.0. The third-order valence-electron chi connectivity index (χ3n) is 3.97. The number of alkyl halides is 4. The van der Waals surface area contributed by atoms with E-state index < -0.39 is 12.5 Å². The first-order valence-electron chi connectivity index (χ1n) is 9.28. The van der Waals surface area contributed by atoms with Gasteiger partial charge < -0.3 is 25.5 Å². The molecule has 0 spiro atoms. The lowest BCUT2D eigenvalue weighted by Crippen LogP contribution is -2.11. The Bertz CT molecular complexity index is 927. The maximum absolute atomic E-state index is 12.7. The molecule has 32 heavy (non-hydrogen) atoms. The summed E-state index contributed by atoms with van der Waals surface area (Å²) in [5.74, 6) is -2.63. The summed E-state index contributed by atoms with van der Waals surface area (Å²) < 4.78 is 58.7. The third-order valence-corrected chi connectivity index (χ3v) is 3.97. The molecule has 2 aromatic carbocycles. The molecule has 0 heterocycles. The number of rotatable bonds is 9. The van der Waals surface area contributed by atoms with Crippen molar-refractivity contribution in [1.82, 2.24) is 0 Å². The van der Waals surface area contributed by atoms with Gasteiger partial charge in [-0.3, -0.25) is 4.79 Å². The molecule has 0 bridgehead atoms. The van der Waals surface area contributed by atoms with Gasteiger partial charge in [-0.1, -0.05) is 12.1 Å². The summed E-state index contributed by atoms with van der Waals surface area (Å²) in [7, 11) is 3.05. The van der Waals surface area contributed by atoms with Gasteiger partial charge >= 0.3 is 6.61 Å². The molecule has 6 nitrogen and oxygen atoms in total. The van der Waals surface area contributed by atoms with Gasteiger partial charge in [-0.05, 0) is 43.3 Å². The summed E-state index contributed by atoms with van der Waals surface area (Å²) in [4.78, 5) is 10.9. The van der Waals surface area contributed by atoms with Gasteiger partial charge in [0.05, 0.1) is 12.7 Å². The monoisotopic (exact) mass is 455 g/mol. The van der Waals surface area contributed by atoms with Crippen molar-refractivity contribution in [2.45, 2.75) is 26.4 Å². The van der Waals surface area contributed by atoms with Crippen LogP contribution in [0.25, 0.3) is 0 Å². The molecule has 0 radical (unpaired) electrons. The standard InChI is InChI=1S/C13H14F2N2O3.C9H11F2N/c1-8(16)11(7-18)12(19-2)17-9-3-5-10(6-4-9)20-13(14)15;1-9(10,11)7-4-3-5-8(6-7)12-2/h3-7,13,16-17H,1-2H3;3-6,12H,1-2H3/b12-11+,16-8?;. The number of halogens is 4. The normalized spacial score (nSPS) is 11.5. The fourth-order valence-corrected chi connectivity index (χ4v) is 2.34. The van der Waals surface area contributed by atoms with Crippen LogP contribution in [0.3, 0.4) is 0 Å². The average Bonchev–Trinajstić information content (AvgIpc) is 2.74. The summed E-state index contributed by atoms with van der Waals surface area (Å²) in [6.07, 6.45) is 0.502. The van der Waals surface area contributed by atoms with E-state index in [1.165, 1.54) is 50.4 Å². The van der Waals surface area contributed by atoms with Crippen molar-refractivity contribution < 1.29 is 31.8 Å². The third kappa shape index (κ3) is 8.66. The second-order valence-electron chi connectivity index (χ2n) is 6.44. The average molecular weight is 455 g/mol. The van der Waals surface area contributed by atoms with Crippen LogP contribution >= 0.6 is 0 Å². The number of carbonyl (C=O) groups excluding carboxylic acids is 1. The van der Waals surface area contributed by atoms with Crippen LogP contribution < -0.4 is 15.4 Å². The predicted molar refractivity (Wildman–Crippen MR) is 116 cm³/mol. The number of aldehydes is 1. The summed E-state index contributed by atoms with van der Waals surface area (Å²) in [6.45, 7) is -0.545. The quantitative estimate of drug-likeness (QED) is 0.150. The van der Waals surface area contributed by atoms with Crippen LogP contribution in [0.15, 0.2) is 60.0 Å². The molecule has 0 aliphatic carbocycles. The lowest BCUT2D eigenvalue weighted by atomic mass is 10.1. The second kappa shape index (κ2) is 12.3. The summed E-state index contributed by atoms with van der Waals surface area (Å²) in [5.41, 5.74) is 1.36. The van der Waals surface area contributed by atoms with Crippen LogP contribution in [0.4, 0.5) is 28.9 Å². The first kappa shape index (κ1) is 26.5. The first-order valence-corrected chi connectivity index (χ1v) is 9.28. The van der Waals surface area contributed by atoms with Gasteiger partial charge in [0.2, 0.25) is 5.88 Å². The Kier molecular flexibility index (Phi) is 10.2. The number of nitrogens with one attached hydrogen (secondary N) is 3. The minimum atomic E-state index is -2.88. The molecule has 174 valence electrons. The van der Waals surface area contributed by atoms with Gasteiger partial charge in [0.1, 0.15) is 5.75 Å². The van der Waals surface area contributed by atoms with Crippen molar-refractivity contribution in [2.75, 3.05) is 24.8 Å². The van der Waals surface area contributed by atoms with Gasteiger partial charge in [0, 0.05) is 36.6 Å². The summed E-state index contributed by atoms with van der Waals surface area (Å²) in [5, 5.41) is 13.0. The zero-order valence-corrected chi connectivity index (χ0v) is 18.0. The number of methoxy groups -OCH3 is 1. The topological polar surface area (TPSA) is 83.4 Å². The number of benzene rings is 2.